The molecule has 0 aliphatic carbocycles. The molecule has 5 heterocycles. The molecule has 2 aliphatic rings. The molecule has 1 N–H and O–H groups in total. The van der Waals surface area contributed by atoms with Crippen LogP contribution in [0.15, 0.2) is 64.2 Å². The second-order valence-electron chi connectivity index (χ2n) is 8.60. The predicted molar refractivity (Wildman–Crippen MR) is 123 cm³/mol. The molecule has 0 amide bonds. The maximum Gasteiger partial charge on any atom is 0.259 e. The van der Waals surface area contributed by atoms with E-state index < -0.39 is 0 Å². The Balaban J connectivity index is 1.28. The van der Waals surface area contributed by atoms with Gasteiger partial charge in [-0.3, -0.25) is 14.5 Å². The number of fused-ring (bicyclic) bond motifs is 5. The van der Waals surface area contributed by atoms with E-state index in [1.165, 1.54) is 0 Å². The highest BCUT2D eigenvalue weighted by atomic mass is 32.1. The number of thiophene rings is 1. The van der Waals surface area contributed by atoms with Crippen LogP contribution < -0.4 is 11.1 Å². The summed E-state index contributed by atoms with van der Waals surface area (Å²) in [5.41, 5.74) is 2.26. The highest BCUT2D eigenvalue weighted by Crippen LogP contribution is 2.35. The van der Waals surface area contributed by atoms with Gasteiger partial charge in [0.2, 0.25) is 0 Å². The number of nitrogens with zero attached hydrogens (tertiary/aromatic N) is 3. The van der Waals surface area contributed by atoms with Gasteiger partial charge >= 0.3 is 0 Å². The summed E-state index contributed by atoms with van der Waals surface area (Å²) in [5.74, 6) is 1.51. The topological polar surface area (TPSA) is 71.0 Å². The highest BCUT2D eigenvalue weighted by molar-refractivity contribution is 7.21. The van der Waals surface area contributed by atoms with Crippen LogP contribution in [0.2, 0.25) is 0 Å². The maximum atomic E-state index is 12.7. The lowest BCUT2D eigenvalue weighted by atomic mass is 9.83. The SMILES string of the molecule is O=c1[nH]c(CN2C[C@H]3C[C@@H](C2)c2cccc(=O)n2C3)nc2sc(-c3ccccc3)cc12. The number of hydrogen-bond acceptors (Lipinski definition) is 5. The number of pyridine rings is 1. The van der Waals surface area contributed by atoms with Crippen LogP contribution in [0, 0.1) is 5.92 Å². The number of likely N-dealkylation sites (tertiary alicyclic amines) is 1. The Morgan fingerprint density at radius 3 is 2.77 bits per heavy atom. The largest absolute Gasteiger partial charge is 0.312 e. The van der Waals surface area contributed by atoms with Crippen molar-refractivity contribution >= 4 is 21.6 Å². The van der Waals surface area contributed by atoms with Gasteiger partial charge in [0, 0.05) is 42.2 Å². The Morgan fingerprint density at radius 1 is 1.03 bits per heavy atom. The zero-order valence-electron chi connectivity index (χ0n) is 17.0. The second kappa shape index (κ2) is 7.28. The van der Waals surface area contributed by atoms with Gasteiger partial charge in [-0.2, -0.15) is 0 Å². The van der Waals surface area contributed by atoms with E-state index in [-0.39, 0.29) is 11.1 Å². The van der Waals surface area contributed by atoms with E-state index in [2.05, 4.69) is 28.1 Å². The summed E-state index contributed by atoms with van der Waals surface area (Å²) >= 11 is 1.56. The average molecular weight is 431 g/mol. The number of rotatable bonds is 3. The van der Waals surface area contributed by atoms with Gasteiger partial charge in [0.1, 0.15) is 10.7 Å². The van der Waals surface area contributed by atoms with Crippen LogP contribution in [0.3, 0.4) is 0 Å². The van der Waals surface area contributed by atoms with E-state index in [1.807, 2.05) is 34.9 Å². The fourth-order valence-corrected chi connectivity index (χ4v) is 6.19. The van der Waals surface area contributed by atoms with Gasteiger partial charge in [0.15, 0.2) is 0 Å². The predicted octanol–water partition coefficient (Wildman–Crippen LogP) is 3.43. The van der Waals surface area contributed by atoms with Crippen molar-refractivity contribution in [2.24, 2.45) is 5.92 Å². The number of hydrogen-bond donors (Lipinski definition) is 1. The molecule has 0 spiro atoms. The summed E-state index contributed by atoms with van der Waals surface area (Å²) in [6.45, 7) is 3.18. The molecule has 1 aromatic carbocycles. The molecule has 2 aliphatic heterocycles. The van der Waals surface area contributed by atoms with Gasteiger partial charge < -0.3 is 9.55 Å². The zero-order valence-corrected chi connectivity index (χ0v) is 17.8. The van der Waals surface area contributed by atoms with E-state index in [0.29, 0.717) is 29.6 Å². The number of benzene rings is 1. The first kappa shape index (κ1) is 18.7. The van der Waals surface area contributed by atoms with Crippen molar-refractivity contribution < 1.29 is 0 Å². The zero-order chi connectivity index (χ0) is 20.9. The van der Waals surface area contributed by atoms with E-state index in [0.717, 1.165) is 47.0 Å². The van der Waals surface area contributed by atoms with Gasteiger partial charge in [0.25, 0.3) is 11.1 Å². The summed E-state index contributed by atoms with van der Waals surface area (Å²) < 4.78 is 1.94. The minimum absolute atomic E-state index is 0.0764. The molecule has 0 unspecified atom stereocenters. The van der Waals surface area contributed by atoms with Crippen LogP contribution in [-0.2, 0) is 13.1 Å². The van der Waals surface area contributed by atoms with Crippen LogP contribution in [0.25, 0.3) is 20.7 Å². The summed E-state index contributed by atoms with van der Waals surface area (Å²) in [6.07, 6.45) is 1.12. The summed E-state index contributed by atoms with van der Waals surface area (Å²) in [5, 5.41) is 0.649. The molecule has 2 atom stereocenters. The normalized spacial score (nSPS) is 20.6. The number of aromatic nitrogens is 3. The third kappa shape index (κ3) is 3.34. The van der Waals surface area contributed by atoms with Crippen molar-refractivity contribution in [3.8, 4) is 10.4 Å². The lowest BCUT2D eigenvalue weighted by Gasteiger charge is -2.42. The van der Waals surface area contributed by atoms with Crippen molar-refractivity contribution in [2.45, 2.75) is 25.4 Å². The van der Waals surface area contributed by atoms with Crippen molar-refractivity contribution in [3.05, 3.63) is 86.8 Å². The Bertz CT molecular complexity index is 1390. The minimum atomic E-state index is -0.0764. The number of piperidine rings is 1. The lowest BCUT2D eigenvalue weighted by Crippen LogP contribution is -2.46. The standard InChI is InChI=1S/C24H22N4O2S/c29-22-8-4-7-19-17-9-15(12-28(19)22)11-27(13-17)14-21-25-23(30)18-10-20(31-24(18)26-21)16-5-2-1-3-6-16/h1-8,10,15,17H,9,11-14H2,(H,25,26,30)/t15-,17+/m1/s1. The molecule has 2 bridgehead atoms. The Morgan fingerprint density at radius 2 is 1.90 bits per heavy atom. The van der Waals surface area contributed by atoms with Gasteiger partial charge in [-0.25, -0.2) is 4.98 Å². The third-order valence-corrected chi connectivity index (χ3v) is 7.52. The van der Waals surface area contributed by atoms with Crippen LogP contribution in [0.1, 0.15) is 23.9 Å². The first-order valence-corrected chi connectivity index (χ1v) is 11.5. The number of aromatic amines is 1. The Labute approximate surface area is 182 Å². The maximum absolute atomic E-state index is 12.7. The van der Waals surface area contributed by atoms with Gasteiger partial charge in [-0.15, -0.1) is 11.3 Å². The minimum Gasteiger partial charge on any atom is -0.312 e. The average Bonchev–Trinajstić information content (AvgIpc) is 3.20. The summed E-state index contributed by atoms with van der Waals surface area (Å²) in [7, 11) is 0. The van der Waals surface area contributed by atoms with Crippen molar-refractivity contribution in [2.75, 3.05) is 13.1 Å². The monoisotopic (exact) mass is 430 g/mol. The molecule has 4 aromatic rings. The van der Waals surface area contributed by atoms with E-state index in [4.69, 9.17) is 4.98 Å². The van der Waals surface area contributed by atoms with Gasteiger partial charge in [0.05, 0.1) is 11.9 Å². The fraction of sp³-hybridized carbons (Fsp3) is 0.292. The fourth-order valence-electron chi connectivity index (χ4n) is 5.13. The Kier molecular flexibility index (Phi) is 4.40. The molecule has 0 saturated carbocycles. The smallest absolute Gasteiger partial charge is 0.259 e. The number of nitrogens with one attached hydrogen (secondary N) is 1. The molecule has 31 heavy (non-hydrogen) atoms. The van der Waals surface area contributed by atoms with Crippen molar-refractivity contribution in [1.82, 2.24) is 19.4 Å². The quantitative estimate of drug-likeness (QED) is 0.541. The van der Waals surface area contributed by atoms with Gasteiger partial charge in [-0.1, -0.05) is 36.4 Å². The number of H-pyrrole nitrogens is 1. The first-order valence-electron chi connectivity index (χ1n) is 10.6. The van der Waals surface area contributed by atoms with Crippen molar-refractivity contribution in [3.63, 3.8) is 0 Å². The van der Waals surface area contributed by atoms with Crippen LogP contribution in [0.5, 0.6) is 0 Å². The van der Waals surface area contributed by atoms with E-state index in [1.54, 1.807) is 17.4 Å². The summed E-state index contributed by atoms with van der Waals surface area (Å²) in [4.78, 5) is 37.0. The molecular formula is C24H22N4O2S. The lowest BCUT2D eigenvalue weighted by molar-refractivity contribution is 0.112. The van der Waals surface area contributed by atoms with Crippen LogP contribution in [-0.4, -0.2) is 32.5 Å². The Hall–Kier alpha value is -3.03. The highest BCUT2D eigenvalue weighted by Gasteiger charge is 2.34. The molecule has 3 aromatic heterocycles. The molecular weight excluding hydrogens is 408 g/mol. The van der Waals surface area contributed by atoms with Crippen molar-refractivity contribution in [1.29, 1.82) is 0 Å². The molecule has 6 rings (SSSR count). The van der Waals surface area contributed by atoms with Crippen LogP contribution in [0.4, 0.5) is 0 Å². The molecule has 156 valence electrons. The molecule has 6 nitrogen and oxygen atoms in total. The van der Waals surface area contributed by atoms with Gasteiger partial charge in [-0.05, 0) is 30.0 Å². The summed E-state index contributed by atoms with van der Waals surface area (Å²) in [6, 6.07) is 17.6. The molecule has 7 heteroatoms. The third-order valence-electron chi connectivity index (χ3n) is 6.44. The van der Waals surface area contributed by atoms with E-state index in [9.17, 15) is 9.59 Å². The molecule has 1 saturated heterocycles. The molecule has 1 fully saturated rings. The van der Waals surface area contributed by atoms with E-state index >= 15 is 0 Å². The second-order valence-corrected chi connectivity index (χ2v) is 9.63. The molecule has 0 radical (unpaired) electrons. The van der Waals surface area contributed by atoms with Crippen LogP contribution >= 0.6 is 11.3 Å². The first-order chi connectivity index (χ1) is 15.1.